The van der Waals surface area contributed by atoms with Crippen molar-refractivity contribution in [2.75, 3.05) is 13.1 Å². The Balaban J connectivity index is 1.73. The van der Waals surface area contributed by atoms with Crippen LogP contribution in [-0.2, 0) is 17.7 Å². The van der Waals surface area contributed by atoms with Gasteiger partial charge in [0.05, 0.1) is 18.3 Å². The molecule has 10 heteroatoms. The first kappa shape index (κ1) is 31.5. The monoisotopic (exact) mass is 587 g/mol. The number of carbonyl (C=O) groups excluding carboxylic acids is 2. The van der Waals surface area contributed by atoms with Crippen LogP contribution in [0.4, 0.5) is 4.79 Å². The molecule has 4 aromatic rings. The molecule has 43 heavy (non-hydrogen) atoms. The number of aryl methyl sites for hydroxylation is 2. The molecule has 0 saturated heterocycles. The van der Waals surface area contributed by atoms with Crippen LogP contribution in [0, 0.1) is 6.92 Å². The van der Waals surface area contributed by atoms with E-state index in [0.29, 0.717) is 48.4 Å². The fourth-order valence-corrected chi connectivity index (χ4v) is 5.00. The summed E-state index contributed by atoms with van der Waals surface area (Å²) < 4.78 is 12.4. The summed E-state index contributed by atoms with van der Waals surface area (Å²) in [6, 6.07) is 16.6. The zero-order valence-electron chi connectivity index (χ0n) is 25.8. The van der Waals surface area contributed by atoms with Gasteiger partial charge in [0.25, 0.3) is 17.2 Å². The number of hydrogen-bond donors (Lipinski definition) is 1. The quantitative estimate of drug-likeness (QED) is 0.220. The summed E-state index contributed by atoms with van der Waals surface area (Å²) in [4.78, 5) is 46.8. The van der Waals surface area contributed by atoms with Gasteiger partial charge in [-0.25, -0.2) is 4.79 Å². The maximum absolute atomic E-state index is 14.1. The first-order valence-electron chi connectivity index (χ1n) is 14.8. The van der Waals surface area contributed by atoms with Crippen LogP contribution in [0.25, 0.3) is 11.1 Å². The predicted octanol–water partition coefficient (Wildman–Crippen LogP) is 5.81. The SMILES string of the molecule is CCc1ccc(C(=O)N(CCCNC(=O)OC(C)(C)C)C(CC)c2nc3onc(C)c3c(=O)n2Cc2ccccc2)cc1. The summed E-state index contributed by atoms with van der Waals surface area (Å²) in [7, 11) is 0. The normalized spacial score (nSPS) is 12.2. The van der Waals surface area contributed by atoms with Gasteiger partial charge in [0, 0.05) is 18.7 Å². The van der Waals surface area contributed by atoms with E-state index in [4.69, 9.17) is 14.2 Å². The van der Waals surface area contributed by atoms with Crippen LogP contribution in [0.2, 0.25) is 0 Å². The third-order valence-corrected chi connectivity index (χ3v) is 7.15. The Morgan fingerprint density at radius 1 is 1.05 bits per heavy atom. The lowest BCUT2D eigenvalue weighted by atomic mass is 10.1. The second-order valence-corrected chi connectivity index (χ2v) is 11.6. The fraction of sp³-hybridized carbons (Fsp3) is 0.424. The van der Waals surface area contributed by atoms with Crippen LogP contribution in [0.5, 0.6) is 0 Å². The molecule has 228 valence electrons. The van der Waals surface area contributed by atoms with Gasteiger partial charge in [-0.3, -0.25) is 14.2 Å². The minimum absolute atomic E-state index is 0.145. The largest absolute Gasteiger partial charge is 0.444 e. The third-order valence-electron chi connectivity index (χ3n) is 7.15. The molecular weight excluding hydrogens is 546 g/mol. The lowest BCUT2D eigenvalue weighted by Gasteiger charge is -2.32. The van der Waals surface area contributed by atoms with Crippen molar-refractivity contribution in [3.05, 3.63) is 93.2 Å². The second kappa shape index (κ2) is 13.7. The molecule has 0 spiro atoms. The van der Waals surface area contributed by atoms with Gasteiger partial charge >= 0.3 is 6.09 Å². The molecule has 0 saturated carbocycles. The molecule has 0 aliphatic heterocycles. The molecule has 0 aliphatic carbocycles. The number of aromatic nitrogens is 3. The lowest BCUT2D eigenvalue weighted by Crippen LogP contribution is -2.41. The Bertz CT molecular complexity index is 1600. The number of nitrogens with one attached hydrogen (secondary N) is 1. The first-order valence-corrected chi connectivity index (χ1v) is 14.8. The Morgan fingerprint density at radius 3 is 2.37 bits per heavy atom. The summed E-state index contributed by atoms with van der Waals surface area (Å²) in [6.07, 6.45) is 1.29. The number of alkyl carbamates (subject to hydrolysis) is 1. The Morgan fingerprint density at radius 2 is 1.74 bits per heavy atom. The summed E-state index contributed by atoms with van der Waals surface area (Å²) in [6.45, 7) is 12.0. The minimum atomic E-state index is -0.615. The average Bonchev–Trinajstić information content (AvgIpc) is 3.36. The molecule has 2 amide bonds. The van der Waals surface area contributed by atoms with E-state index >= 15 is 0 Å². The summed E-state index contributed by atoms with van der Waals surface area (Å²) >= 11 is 0. The van der Waals surface area contributed by atoms with Gasteiger partial charge in [-0.05, 0) is 70.2 Å². The van der Waals surface area contributed by atoms with E-state index in [-0.39, 0.29) is 23.7 Å². The molecule has 0 radical (unpaired) electrons. The second-order valence-electron chi connectivity index (χ2n) is 11.6. The van der Waals surface area contributed by atoms with Gasteiger partial charge in [-0.1, -0.05) is 61.5 Å². The van der Waals surface area contributed by atoms with E-state index < -0.39 is 17.7 Å². The number of hydrogen-bond acceptors (Lipinski definition) is 7. The Hall–Kier alpha value is -4.47. The standard InChI is InChI=1S/C33H41N5O5/c1-7-23-15-17-25(18-16-23)30(39)37(20-12-19-34-32(41)42-33(4,5)6)26(8-2)28-35-29-27(22(3)36-43-29)31(40)38(28)21-24-13-10-9-11-14-24/h9-11,13-18,26H,7-8,12,19-21H2,1-6H3,(H,34,41). The number of ether oxygens (including phenoxy) is 1. The molecular formula is C33H41N5O5. The van der Waals surface area contributed by atoms with Crippen molar-refractivity contribution in [1.29, 1.82) is 0 Å². The number of nitrogens with zero attached hydrogens (tertiary/aromatic N) is 4. The molecule has 0 bridgehead atoms. The predicted molar refractivity (Wildman–Crippen MR) is 165 cm³/mol. The number of fused-ring (bicyclic) bond motifs is 1. The van der Waals surface area contributed by atoms with Crippen molar-refractivity contribution in [3.63, 3.8) is 0 Å². The van der Waals surface area contributed by atoms with E-state index in [9.17, 15) is 14.4 Å². The van der Waals surface area contributed by atoms with Crippen molar-refractivity contribution >= 4 is 23.1 Å². The van der Waals surface area contributed by atoms with Gasteiger partial charge in [0.15, 0.2) is 0 Å². The van der Waals surface area contributed by atoms with Crippen LogP contribution in [0.3, 0.4) is 0 Å². The van der Waals surface area contributed by atoms with E-state index in [2.05, 4.69) is 17.4 Å². The fourth-order valence-electron chi connectivity index (χ4n) is 5.00. The number of carbonyl (C=O) groups is 2. The average molecular weight is 588 g/mol. The highest BCUT2D eigenvalue weighted by atomic mass is 16.6. The maximum atomic E-state index is 14.1. The molecule has 0 fully saturated rings. The van der Waals surface area contributed by atoms with Crippen LogP contribution in [0.15, 0.2) is 63.9 Å². The van der Waals surface area contributed by atoms with Crippen molar-refractivity contribution < 1.29 is 18.8 Å². The highest BCUT2D eigenvalue weighted by Crippen LogP contribution is 2.27. The van der Waals surface area contributed by atoms with Crippen LogP contribution in [-0.4, -0.2) is 50.3 Å². The highest BCUT2D eigenvalue weighted by Gasteiger charge is 2.30. The summed E-state index contributed by atoms with van der Waals surface area (Å²) in [5.41, 5.74) is 2.30. The zero-order valence-corrected chi connectivity index (χ0v) is 25.8. The molecule has 2 aromatic carbocycles. The van der Waals surface area contributed by atoms with Crippen molar-refractivity contribution in [1.82, 2.24) is 24.9 Å². The van der Waals surface area contributed by atoms with Crippen LogP contribution < -0.4 is 10.9 Å². The van der Waals surface area contributed by atoms with Crippen LogP contribution >= 0.6 is 0 Å². The summed E-state index contributed by atoms with van der Waals surface area (Å²) in [5.74, 6) is 0.222. The van der Waals surface area contributed by atoms with Crippen molar-refractivity contribution in [2.45, 2.75) is 79.0 Å². The topological polar surface area (TPSA) is 120 Å². The minimum Gasteiger partial charge on any atom is -0.444 e. The van der Waals surface area contributed by atoms with Gasteiger partial charge < -0.3 is 19.5 Å². The number of amides is 2. The van der Waals surface area contributed by atoms with Gasteiger partial charge in [-0.15, -0.1) is 0 Å². The molecule has 1 atom stereocenters. The molecule has 2 heterocycles. The molecule has 4 rings (SSSR count). The molecule has 1 unspecified atom stereocenters. The van der Waals surface area contributed by atoms with E-state index in [1.807, 2.05) is 61.5 Å². The van der Waals surface area contributed by atoms with E-state index in [1.165, 1.54) is 0 Å². The molecule has 1 N–H and O–H groups in total. The van der Waals surface area contributed by atoms with Gasteiger partial charge in [0.2, 0.25) is 0 Å². The highest BCUT2D eigenvalue weighted by molar-refractivity contribution is 5.94. The maximum Gasteiger partial charge on any atom is 0.407 e. The van der Waals surface area contributed by atoms with Crippen molar-refractivity contribution in [2.24, 2.45) is 0 Å². The zero-order chi connectivity index (χ0) is 31.1. The molecule has 2 aromatic heterocycles. The van der Waals surface area contributed by atoms with E-state index in [0.717, 1.165) is 17.5 Å². The smallest absolute Gasteiger partial charge is 0.407 e. The number of benzene rings is 2. The Kier molecular flexibility index (Phi) is 10.0. The first-order chi connectivity index (χ1) is 20.5. The number of rotatable bonds is 11. The Labute approximate surface area is 252 Å². The van der Waals surface area contributed by atoms with Gasteiger partial charge in [0.1, 0.15) is 16.8 Å². The lowest BCUT2D eigenvalue weighted by molar-refractivity contribution is 0.0523. The summed E-state index contributed by atoms with van der Waals surface area (Å²) in [5, 5.41) is 7.09. The third kappa shape index (κ3) is 7.68. The molecule has 10 nitrogen and oxygen atoms in total. The molecule has 0 aliphatic rings. The van der Waals surface area contributed by atoms with Crippen molar-refractivity contribution in [3.8, 4) is 0 Å². The van der Waals surface area contributed by atoms with Crippen LogP contribution in [0.1, 0.15) is 86.5 Å². The van der Waals surface area contributed by atoms with E-state index in [1.54, 1.807) is 37.2 Å². The van der Waals surface area contributed by atoms with Gasteiger partial charge in [-0.2, -0.15) is 4.98 Å².